The summed E-state index contributed by atoms with van der Waals surface area (Å²) in [4.78, 5) is 2.02. The predicted molar refractivity (Wildman–Crippen MR) is 92.5 cm³/mol. The van der Waals surface area contributed by atoms with Crippen LogP contribution >= 0.6 is 0 Å². The molecule has 0 aliphatic carbocycles. The SMILES string of the molecule is CN(C)[C@@H](CNCc1cccc(OCC(F)(F)F)c1)c1ccc(F)cc1. The first kappa shape index (κ1) is 20.2. The number of nitrogens with zero attached hydrogens (tertiary/aromatic N) is 1. The first-order valence-corrected chi connectivity index (χ1v) is 8.16. The number of benzene rings is 2. The molecule has 0 bridgehead atoms. The molecule has 0 fully saturated rings. The lowest BCUT2D eigenvalue weighted by Gasteiger charge is -2.25. The van der Waals surface area contributed by atoms with Gasteiger partial charge in [0, 0.05) is 19.1 Å². The van der Waals surface area contributed by atoms with Gasteiger partial charge in [0.15, 0.2) is 6.61 Å². The Hall–Kier alpha value is -2.12. The summed E-state index contributed by atoms with van der Waals surface area (Å²) in [5.41, 5.74) is 1.80. The molecule has 0 aromatic heterocycles. The van der Waals surface area contributed by atoms with Crippen LogP contribution in [-0.2, 0) is 6.54 Å². The number of alkyl halides is 3. The van der Waals surface area contributed by atoms with E-state index in [-0.39, 0.29) is 17.6 Å². The van der Waals surface area contributed by atoms with Gasteiger partial charge < -0.3 is 15.0 Å². The van der Waals surface area contributed by atoms with Gasteiger partial charge in [-0.15, -0.1) is 0 Å². The molecule has 3 nitrogen and oxygen atoms in total. The molecule has 0 unspecified atom stereocenters. The second-order valence-corrected chi connectivity index (χ2v) is 6.21. The first-order valence-electron chi connectivity index (χ1n) is 8.16. The minimum atomic E-state index is -4.36. The summed E-state index contributed by atoms with van der Waals surface area (Å²) < 4.78 is 54.5. The van der Waals surface area contributed by atoms with E-state index in [1.165, 1.54) is 18.2 Å². The van der Waals surface area contributed by atoms with Crippen LogP contribution in [0.4, 0.5) is 17.6 Å². The summed E-state index contributed by atoms with van der Waals surface area (Å²) in [6, 6.07) is 12.9. The van der Waals surface area contributed by atoms with Crippen LogP contribution in [0, 0.1) is 5.82 Å². The van der Waals surface area contributed by atoms with Gasteiger partial charge in [0.1, 0.15) is 11.6 Å². The minimum Gasteiger partial charge on any atom is -0.484 e. The maximum absolute atomic E-state index is 13.1. The Morgan fingerprint density at radius 2 is 1.77 bits per heavy atom. The molecule has 2 rings (SSSR count). The van der Waals surface area contributed by atoms with Gasteiger partial charge in [0.2, 0.25) is 0 Å². The van der Waals surface area contributed by atoms with Crippen LogP contribution in [0.2, 0.25) is 0 Å². The number of hydrogen-bond acceptors (Lipinski definition) is 3. The van der Waals surface area contributed by atoms with E-state index in [1.54, 1.807) is 24.3 Å². The maximum Gasteiger partial charge on any atom is 0.422 e. The van der Waals surface area contributed by atoms with Crippen molar-refractivity contribution in [3.63, 3.8) is 0 Å². The fourth-order valence-electron chi connectivity index (χ4n) is 2.55. The van der Waals surface area contributed by atoms with Crippen molar-refractivity contribution in [2.45, 2.75) is 18.8 Å². The lowest BCUT2D eigenvalue weighted by atomic mass is 10.1. The highest BCUT2D eigenvalue weighted by Crippen LogP contribution is 2.20. The molecule has 0 radical (unpaired) electrons. The molecular formula is C19H22F4N2O. The zero-order valence-corrected chi connectivity index (χ0v) is 14.7. The fourth-order valence-corrected chi connectivity index (χ4v) is 2.55. The largest absolute Gasteiger partial charge is 0.484 e. The fraction of sp³-hybridized carbons (Fsp3) is 0.368. The average molecular weight is 370 g/mol. The zero-order valence-electron chi connectivity index (χ0n) is 14.7. The Morgan fingerprint density at radius 3 is 2.38 bits per heavy atom. The van der Waals surface area contributed by atoms with Crippen molar-refractivity contribution in [2.24, 2.45) is 0 Å². The summed E-state index contributed by atoms with van der Waals surface area (Å²) in [5, 5.41) is 3.28. The second kappa shape index (κ2) is 9.00. The third kappa shape index (κ3) is 6.65. The van der Waals surface area contributed by atoms with E-state index >= 15 is 0 Å². The van der Waals surface area contributed by atoms with E-state index in [2.05, 4.69) is 5.32 Å². The molecule has 26 heavy (non-hydrogen) atoms. The van der Waals surface area contributed by atoms with Crippen molar-refractivity contribution in [2.75, 3.05) is 27.2 Å². The standard InChI is InChI=1S/C19H22F4N2O/c1-25(2)18(15-6-8-16(20)9-7-15)12-24-11-14-4-3-5-17(10-14)26-13-19(21,22)23/h3-10,18,24H,11-13H2,1-2H3/t18-/m0/s1. The minimum absolute atomic E-state index is 0.0419. The number of ether oxygens (including phenoxy) is 1. The number of likely N-dealkylation sites (N-methyl/N-ethyl adjacent to an activating group) is 1. The molecule has 0 saturated carbocycles. The van der Waals surface area contributed by atoms with E-state index in [4.69, 9.17) is 4.74 Å². The van der Waals surface area contributed by atoms with Gasteiger partial charge in [0.25, 0.3) is 0 Å². The van der Waals surface area contributed by atoms with Crippen molar-refractivity contribution < 1.29 is 22.3 Å². The van der Waals surface area contributed by atoms with Crippen molar-refractivity contribution in [1.29, 1.82) is 0 Å². The first-order chi connectivity index (χ1) is 12.2. The lowest BCUT2D eigenvalue weighted by Crippen LogP contribution is -2.30. The molecule has 7 heteroatoms. The molecule has 0 saturated heterocycles. The molecule has 0 spiro atoms. The summed E-state index contributed by atoms with van der Waals surface area (Å²) in [5.74, 6) is -0.0980. The smallest absolute Gasteiger partial charge is 0.422 e. The highest BCUT2D eigenvalue weighted by molar-refractivity contribution is 5.28. The van der Waals surface area contributed by atoms with Gasteiger partial charge >= 0.3 is 6.18 Å². The molecule has 1 N–H and O–H groups in total. The average Bonchev–Trinajstić information content (AvgIpc) is 2.57. The third-order valence-corrected chi connectivity index (χ3v) is 3.85. The summed E-state index contributed by atoms with van der Waals surface area (Å²) in [6.07, 6.45) is -4.36. The van der Waals surface area contributed by atoms with Crippen LogP contribution in [0.25, 0.3) is 0 Å². The van der Waals surface area contributed by atoms with Gasteiger partial charge in [-0.2, -0.15) is 13.2 Å². The summed E-state index contributed by atoms with van der Waals surface area (Å²) in [6.45, 7) is -0.224. The molecule has 0 aliphatic rings. The van der Waals surface area contributed by atoms with Crippen LogP contribution in [0.15, 0.2) is 48.5 Å². The summed E-state index contributed by atoms with van der Waals surface area (Å²) >= 11 is 0. The predicted octanol–water partition coefficient (Wildman–Crippen LogP) is 4.16. The van der Waals surface area contributed by atoms with Crippen molar-refractivity contribution in [3.05, 3.63) is 65.5 Å². The van der Waals surface area contributed by atoms with E-state index in [9.17, 15) is 17.6 Å². The monoisotopic (exact) mass is 370 g/mol. The summed E-state index contributed by atoms with van der Waals surface area (Å²) in [7, 11) is 3.86. The number of nitrogens with one attached hydrogen (secondary N) is 1. The van der Waals surface area contributed by atoms with Crippen LogP contribution in [-0.4, -0.2) is 38.3 Å². The van der Waals surface area contributed by atoms with E-state index < -0.39 is 12.8 Å². The van der Waals surface area contributed by atoms with Crippen LogP contribution < -0.4 is 10.1 Å². The molecule has 2 aromatic rings. The number of hydrogen-bond donors (Lipinski definition) is 1. The lowest BCUT2D eigenvalue weighted by molar-refractivity contribution is -0.153. The molecular weight excluding hydrogens is 348 g/mol. The van der Waals surface area contributed by atoms with Gasteiger partial charge in [-0.3, -0.25) is 0 Å². The van der Waals surface area contributed by atoms with Gasteiger partial charge in [-0.25, -0.2) is 4.39 Å². The van der Waals surface area contributed by atoms with Crippen molar-refractivity contribution in [1.82, 2.24) is 10.2 Å². The molecule has 0 heterocycles. The molecule has 1 atom stereocenters. The highest BCUT2D eigenvalue weighted by Gasteiger charge is 2.28. The molecule has 142 valence electrons. The number of rotatable bonds is 8. The topological polar surface area (TPSA) is 24.5 Å². The molecule has 2 aromatic carbocycles. The van der Waals surface area contributed by atoms with Gasteiger partial charge in [0.05, 0.1) is 0 Å². The Balaban J connectivity index is 1.92. The van der Waals surface area contributed by atoms with Crippen LogP contribution in [0.1, 0.15) is 17.2 Å². The second-order valence-electron chi connectivity index (χ2n) is 6.21. The highest BCUT2D eigenvalue weighted by atomic mass is 19.4. The van der Waals surface area contributed by atoms with E-state index in [0.717, 1.165) is 11.1 Å². The van der Waals surface area contributed by atoms with Crippen LogP contribution in [0.3, 0.4) is 0 Å². The Morgan fingerprint density at radius 1 is 1.08 bits per heavy atom. The normalized spacial score (nSPS) is 13.0. The molecule has 0 aliphatic heterocycles. The van der Waals surface area contributed by atoms with Gasteiger partial charge in [-0.05, 0) is 49.5 Å². The Bertz CT molecular complexity index is 687. The molecule has 0 amide bonds. The van der Waals surface area contributed by atoms with Gasteiger partial charge in [-0.1, -0.05) is 24.3 Å². The quantitative estimate of drug-likeness (QED) is 0.707. The van der Waals surface area contributed by atoms with Crippen molar-refractivity contribution in [3.8, 4) is 5.75 Å². The third-order valence-electron chi connectivity index (χ3n) is 3.85. The maximum atomic E-state index is 13.1. The van der Waals surface area contributed by atoms with E-state index in [1.807, 2.05) is 25.1 Å². The number of halogens is 4. The Kier molecular flexibility index (Phi) is 6.99. The Labute approximate surface area is 150 Å². The zero-order chi connectivity index (χ0) is 19.2. The van der Waals surface area contributed by atoms with E-state index in [0.29, 0.717) is 13.1 Å². The van der Waals surface area contributed by atoms with Crippen molar-refractivity contribution >= 4 is 0 Å². The van der Waals surface area contributed by atoms with Crippen LogP contribution in [0.5, 0.6) is 5.75 Å².